The van der Waals surface area contributed by atoms with Gasteiger partial charge in [-0.25, -0.2) is 4.98 Å². The van der Waals surface area contributed by atoms with Crippen LogP contribution in [0.3, 0.4) is 0 Å². The summed E-state index contributed by atoms with van der Waals surface area (Å²) in [7, 11) is 0. The zero-order chi connectivity index (χ0) is 19.6. The molecule has 11 heteroatoms. The Bertz CT molecular complexity index is 957. The number of benzene rings is 1. The van der Waals surface area contributed by atoms with Crippen LogP contribution >= 0.6 is 11.6 Å². The van der Waals surface area contributed by atoms with Crippen LogP contribution in [0.1, 0.15) is 18.5 Å². The molecule has 0 aliphatic rings. The molecule has 3 rings (SSSR count). The molecule has 0 aliphatic heterocycles. The standard InChI is InChI=1S/C16H12ClF3N6O/c1-9(15(27)22-13-6-5-12(17)8-21-13)26-24-14(23-25-26)10-3-2-4-11(7-10)16(18,19)20/h2-9H,1H3,(H,21,22,27). The number of nitrogens with one attached hydrogen (secondary N) is 1. The van der Waals surface area contributed by atoms with Gasteiger partial charge in [0.05, 0.1) is 10.6 Å². The number of tetrazole rings is 1. The van der Waals surface area contributed by atoms with E-state index >= 15 is 0 Å². The van der Waals surface area contributed by atoms with Crippen LogP contribution in [0.25, 0.3) is 11.4 Å². The van der Waals surface area contributed by atoms with Crippen LogP contribution < -0.4 is 5.32 Å². The number of alkyl halides is 3. The van der Waals surface area contributed by atoms with Gasteiger partial charge in [0.15, 0.2) is 0 Å². The number of nitrogens with zero attached hydrogens (tertiary/aromatic N) is 5. The first kappa shape index (κ1) is 18.8. The predicted octanol–water partition coefficient (Wildman–Crippen LogP) is 3.61. The van der Waals surface area contributed by atoms with Gasteiger partial charge in [0, 0.05) is 11.8 Å². The fourth-order valence-electron chi connectivity index (χ4n) is 2.12. The summed E-state index contributed by atoms with van der Waals surface area (Å²) < 4.78 is 38.5. The normalized spacial score (nSPS) is 12.6. The van der Waals surface area contributed by atoms with E-state index in [1.807, 2.05) is 0 Å². The molecule has 2 heterocycles. The maximum atomic E-state index is 12.8. The van der Waals surface area contributed by atoms with Crippen molar-refractivity contribution in [1.29, 1.82) is 0 Å². The van der Waals surface area contributed by atoms with Gasteiger partial charge < -0.3 is 5.32 Å². The third-order valence-electron chi connectivity index (χ3n) is 3.58. The molecule has 3 aromatic rings. The minimum absolute atomic E-state index is 0.0228. The Kier molecular flexibility index (Phi) is 5.08. The molecule has 0 bridgehead atoms. The number of halogens is 4. The summed E-state index contributed by atoms with van der Waals surface area (Å²) in [6.07, 6.45) is -3.11. The minimum atomic E-state index is -4.48. The van der Waals surface area contributed by atoms with Gasteiger partial charge in [0.25, 0.3) is 5.91 Å². The summed E-state index contributed by atoms with van der Waals surface area (Å²) in [5.74, 6) is -0.211. The number of amides is 1. The molecular formula is C16H12ClF3N6O. The van der Waals surface area contributed by atoms with E-state index in [0.717, 1.165) is 16.9 Å². The molecule has 140 valence electrons. The molecule has 0 fully saturated rings. The lowest BCUT2D eigenvalue weighted by molar-refractivity contribution is -0.137. The molecule has 1 N–H and O–H groups in total. The van der Waals surface area contributed by atoms with Crippen LogP contribution in [0, 0.1) is 0 Å². The number of carbonyl (C=O) groups is 1. The highest BCUT2D eigenvalue weighted by Crippen LogP contribution is 2.31. The van der Waals surface area contributed by atoms with Gasteiger partial charge in [0.1, 0.15) is 11.9 Å². The van der Waals surface area contributed by atoms with Crippen molar-refractivity contribution in [3.63, 3.8) is 0 Å². The Morgan fingerprint density at radius 3 is 2.70 bits per heavy atom. The van der Waals surface area contributed by atoms with Crippen molar-refractivity contribution in [2.45, 2.75) is 19.1 Å². The van der Waals surface area contributed by atoms with Crippen molar-refractivity contribution < 1.29 is 18.0 Å². The quantitative estimate of drug-likeness (QED) is 0.728. The Hall–Kier alpha value is -3.01. The second-order valence-electron chi connectivity index (χ2n) is 5.54. The molecule has 1 unspecified atom stereocenters. The molecule has 0 radical (unpaired) electrons. The number of rotatable bonds is 4. The zero-order valence-electron chi connectivity index (χ0n) is 13.8. The molecule has 2 aromatic heterocycles. The van der Waals surface area contributed by atoms with Crippen molar-refractivity contribution in [3.8, 4) is 11.4 Å². The van der Waals surface area contributed by atoms with E-state index < -0.39 is 23.7 Å². The van der Waals surface area contributed by atoms with Gasteiger partial charge in [-0.3, -0.25) is 4.79 Å². The average molecular weight is 397 g/mol. The maximum Gasteiger partial charge on any atom is 0.416 e. The summed E-state index contributed by atoms with van der Waals surface area (Å²) in [6.45, 7) is 1.52. The highest BCUT2D eigenvalue weighted by molar-refractivity contribution is 6.30. The Balaban J connectivity index is 1.76. The summed E-state index contributed by atoms with van der Waals surface area (Å²) in [5, 5.41) is 14.5. The van der Waals surface area contributed by atoms with Gasteiger partial charge in [0.2, 0.25) is 5.82 Å². The van der Waals surface area contributed by atoms with Crippen molar-refractivity contribution in [1.82, 2.24) is 25.2 Å². The van der Waals surface area contributed by atoms with Crippen LogP contribution in [0.2, 0.25) is 5.02 Å². The molecule has 27 heavy (non-hydrogen) atoms. The fraction of sp³-hybridized carbons (Fsp3) is 0.188. The third-order valence-corrected chi connectivity index (χ3v) is 3.80. The van der Waals surface area contributed by atoms with Crippen LogP contribution in [0.15, 0.2) is 42.6 Å². The second kappa shape index (κ2) is 7.31. The largest absolute Gasteiger partial charge is 0.416 e. The number of hydrogen-bond donors (Lipinski definition) is 1. The molecule has 0 spiro atoms. The molecule has 0 saturated heterocycles. The number of hydrogen-bond acceptors (Lipinski definition) is 5. The Morgan fingerprint density at radius 2 is 2.04 bits per heavy atom. The Morgan fingerprint density at radius 1 is 1.26 bits per heavy atom. The smallest absolute Gasteiger partial charge is 0.309 e. The van der Waals surface area contributed by atoms with Crippen molar-refractivity contribution in [2.75, 3.05) is 5.32 Å². The van der Waals surface area contributed by atoms with Gasteiger partial charge >= 0.3 is 6.18 Å². The lowest BCUT2D eigenvalue weighted by Gasteiger charge is -2.10. The summed E-state index contributed by atoms with van der Waals surface area (Å²) in [5.41, 5.74) is -0.681. The molecule has 1 atom stereocenters. The monoisotopic (exact) mass is 396 g/mol. The summed E-state index contributed by atoms with van der Waals surface area (Å²) in [6, 6.07) is 6.77. The maximum absolute atomic E-state index is 12.8. The van der Waals surface area contributed by atoms with Crippen molar-refractivity contribution >= 4 is 23.3 Å². The van der Waals surface area contributed by atoms with E-state index in [2.05, 4.69) is 25.7 Å². The summed E-state index contributed by atoms with van der Waals surface area (Å²) in [4.78, 5) is 17.2. The fourth-order valence-corrected chi connectivity index (χ4v) is 2.24. The predicted molar refractivity (Wildman–Crippen MR) is 90.8 cm³/mol. The molecular weight excluding hydrogens is 385 g/mol. The average Bonchev–Trinajstić information content (AvgIpc) is 3.12. The van der Waals surface area contributed by atoms with Crippen LogP contribution in [-0.2, 0) is 11.0 Å². The van der Waals surface area contributed by atoms with Gasteiger partial charge in [-0.05, 0) is 36.4 Å². The highest BCUT2D eigenvalue weighted by Gasteiger charge is 2.31. The first-order valence-electron chi connectivity index (χ1n) is 7.63. The summed E-state index contributed by atoms with van der Waals surface area (Å²) >= 11 is 5.73. The van der Waals surface area contributed by atoms with Gasteiger partial charge in [-0.1, -0.05) is 23.7 Å². The van der Waals surface area contributed by atoms with Crippen molar-refractivity contribution in [2.24, 2.45) is 0 Å². The number of anilines is 1. The first-order valence-corrected chi connectivity index (χ1v) is 8.01. The topological polar surface area (TPSA) is 85.6 Å². The Labute approximate surface area is 156 Å². The van der Waals surface area contributed by atoms with Gasteiger partial charge in [-0.15, -0.1) is 10.2 Å². The minimum Gasteiger partial charge on any atom is -0.309 e. The molecule has 1 amide bonds. The van der Waals surface area contributed by atoms with E-state index in [0.29, 0.717) is 5.02 Å². The number of aromatic nitrogens is 5. The number of pyridine rings is 1. The zero-order valence-corrected chi connectivity index (χ0v) is 14.5. The molecule has 0 aliphatic carbocycles. The van der Waals surface area contributed by atoms with Crippen LogP contribution in [0.5, 0.6) is 0 Å². The molecule has 0 saturated carbocycles. The van der Waals surface area contributed by atoms with Crippen molar-refractivity contribution in [3.05, 3.63) is 53.2 Å². The van der Waals surface area contributed by atoms with Crippen LogP contribution in [0.4, 0.5) is 19.0 Å². The lowest BCUT2D eigenvalue weighted by atomic mass is 10.1. The van der Waals surface area contributed by atoms with E-state index in [-0.39, 0.29) is 17.2 Å². The molecule has 1 aromatic carbocycles. The number of carbonyl (C=O) groups excluding carboxylic acids is 1. The van der Waals surface area contributed by atoms with E-state index in [4.69, 9.17) is 11.6 Å². The second-order valence-corrected chi connectivity index (χ2v) is 5.98. The molecule has 7 nitrogen and oxygen atoms in total. The van der Waals surface area contributed by atoms with E-state index in [9.17, 15) is 18.0 Å². The first-order chi connectivity index (χ1) is 12.7. The SMILES string of the molecule is CC(C(=O)Nc1ccc(Cl)cn1)n1nnc(-c2cccc(C(F)(F)F)c2)n1. The van der Waals surface area contributed by atoms with E-state index in [1.54, 1.807) is 6.07 Å². The van der Waals surface area contributed by atoms with Gasteiger partial charge in [-0.2, -0.15) is 18.0 Å². The third kappa shape index (κ3) is 4.40. The lowest BCUT2D eigenvalue weighted by Crippen LogP contribution is -2.25. The highest BCUT2D eigenvalue weighted by atomic mass is 35.5. The van der Waals surface area contributed by atoms with Crippen LogP contribution in [-0.4, -0.2) is 31.1 Å². The van der Waals surface area contributed by atoms with E-state index in [1.165, 1.54) is 31.3 Å².